The number of hydrazine groups is 1. The first-order chi connectivity index (χ1) is 13.4. The number of rotatable bonds is 4. The highest BCUT2D eigenvalue weighted by Gasteiger charge is 2.26. The molecule has 0 aliphatic carbocycles. The smallest absolute Gasteiger partial charge is 0.271 e. The van der Waals surface area contributed by atoms with E-state index in [4.69, 9.17) is 11.6 Å². The van der Waals surface area contributed by atoms with Crippen molar-refractivity contribution in [1.29, 1.82) is 0 Å². The highest BCUT2D eigenvalue weighted by Crippen LogP contribution is 2.28. The Morgan fingerprint density at radius 2 is 1.86 bits per heavy atom. The quantitative estimate of drug-likeness (QED) is 0.600. The van der Waals surface area contributed by atoms with E-state index in [0.29, 0.717) is 30.1 Å². The molecule has 0 bridgehead atoms. The summed E-state index contributed by atoms with van der Waals surface area (Å²) in [7, 11) is 0. The standard InChI is InChI=1S/C18H15ClN4O5/c19-12-6-7-14(15(10-12)22-8-2-5-16(22)24)18(26)21-20-17(25)11-3-1-4-13(9-11)23(27)28/h1,3-4,6-7,9-10H,2,5,8H2,(H,20,25)(H,21,26). The Balaban J connectivity index is 1.75. The Morgan fingerprint density at radius 3 is 2.54 bits per heavy atom. The normalized spacial score (nSPS) is 13.3. The van der Waals surface area contributed by atoms with Gasteiger partial charge >= 0.3 is 0 Å². The Morgan fingerprint density at radius 1 is 1.11 bits per heavy atom. The molecule has 1 heterocycles. The second kappa shape index (κ2) is 8.05. The monoisotopic (exact) mass is 402 g/mol. The van der Waals surface area contributed by atoms with Crippen LogP contribution in [0.2, 0.25) is 5.02 Å². The van der Waals surface area contributed by atoms with Crippen molar-refractivity contribution in [2.45, 2.75) is 12.8 Å². The van der Waals surface area contributed by atoms with Crippen molar-refractivity contribution in [3.63, 3.8) is 0 Å². The van der Waals surface area contributed by atoms with Crippen molar-refractivity contribution >= 4 is 40.7 Å². The Bertz CT molecular complexity index is 978. The van der Waals surface area contributed by atoms with E-state index in [-0.39, 0.29) is 22.7 Å². The molecule has 3 amide bonds. The number of non-ortho nitro benzene ring substituents is 1. The van der Waals surface area contributed by atoms with E-state index in [1.165, 1.54) is 41.3 Å². The summed E-state index contributed by atoms with van der Waals surface area (Å²) in [5, 5.41) is 11.2. The molecule has 1 saturated heterocycles. The van der Waals surface area contributed by atoms with Gasteiger partial charge in [0.1, 0.15) is 0 Å². The zero-order valence-corrected chi connectivity index (χ0v) is 15.2. The molecule has 144 valence electrons. The zero-order valence-electron chi connectivity index (χ0n) is 14.5. The van der Waals surface area contributed by atoms with Crippen LogP contribution in [0.5, 0.6) is 0 Å². The summed E-state index contributed by atoms with van der Waals surface area (Å²) >= 11 is 6.00. The van der Waals surface area contributed by atoms with Crippen molar-refractivity contribution in [1.82, 2.24) is 10.9 Å². The van der Waals surface area contributed by atoms with Gasteiger partial charge in [-0.3, -0.25) is 35.3 Å². The van der Waals surface area contributed by atoms with E-state index in [2.05, 4.69) is 10.9 Å². The van der Waals surface area contributed by atoms with Crippen LogP contribution in [0, 0.1) is 10.1 Å². The molecule has 0 aromatic heterocycles. The molecule has 1 aliphatic heterocycles. The lowest BCUT2D eigenvalue weighted by Crippen LogP contribution is -2.42. The van der Waals surface area contributed by atoms with Gasteiger partial charge in [-0.25, -0.2) is 0 Å². The van der Waals surface area contributed by atoms with Crippen molar-refractivity contribution < 1.29 is 19.3 Å². The molecule has 10 heteroatoms. The summed E-state index contributed by atoms with van der Waals surface area (Å²) < 4.78 is 0. The zero-order chi connectivity index (χ0) is 20.3. The lowest BCUT2D eigenvalue weighted by molar-refractivity contribution is -0.384. The third-order valence-electron chi connectivity index (χ3n) is 4.18. The number of nitro groups is 1. The highest BCUT2D eigenvalue weighted by atomic mass is 35.5. The van der Waals surface area contributed by atoms with Crippen LogP contribution in [-0.4, -0.2) is 29.2 Å². The number of hydrogen-bond donors (Lipinski definition) is 2. The summed E-state index contributed by atoms with van der Waals surface area (Å²) in [4.78, 5) is 48.4. The molecule has 3 rings (SSSR count). The molecule has 0 radical (unpaired) electrons. The van der Waals surface area contributed by atoms with Crippen LogP contribution in [0.1, 0.15) is 33.6 Å². The van der Waals surface area contributed by atoms with Crippen LogP contribution in [0.25, 0.3) is 0 Å². The van der Waals surface area contributed by atoms with Gasteiger partial charge in [-0.05, 0) is 30.7 Å². The maximum absolute atomic E-state index is 12.5. The molecule has 0 spiro atoms. The second-order valence-electron chi connectivity index (χ2n) is 6.03. The van der Waals surface area contributed by atoms with Crippen molar-refractivity contribution in [2.75, 3.05) is 11.4 Å². The number of amides is 3. The summed E-state index contributed by atoms with van der Waals surface area (Å²) in [5.41, 5.74) is 4.76. The molecule has 2 aromatic carbocycles. The second-order valence-corrected chi connectivity index (χ2v) is 6.46. The fraction of sp³-hybridized carbons (Fsp3) is 0.167. The number of hydrogen-bond acceptors (Lipinski definition) is 5. The first kappa shape index (κ1) is 19.3. The Hall–Kier alpha value is -3.46. The largest absolute Gasteiger partial charge is 0.312 e. The third kappa shape index (κ3) is 4.09. The highest BCUT2D eigenvalue weighted by molar-refractivity contribution is 6.31. The van der Waals surface area contributed by atoms with Gasteiger partial charge in [0.15, 0.2) is 0 Å². The Labute approximate surface area is 164 Å². The number of nitrogens with zero attached hydrogens (tertiary/aromatic N) is 2. The van der Waals surface area contributed by atoms with E-state index in [1.807, 2.05) is 0 Å². The van der Waals surface area contributed by atoms with E-state index < -0.39 is 16.7 Å². The lowest BCUT2D eigenvalue weighted by Gasteiger charge is -2.19. The summed E-state index contributed by atoms with van der Waals surface area (Å²) in [5.74, 6) is -1.48. The molecule has 0 unspecified atom stereocenters. The molecule has 28 heavy (non-hydrogen) atoms. The van der Waals surface area contributed by atoms with E-state index in [0.717, 1.165) is 6.07 Å². The van der Waals surface area contributed by atoms with Gasteiger partial charge in [0.05, 0.1) is 16.2 Å². The van der Waals surface area contributed by atoms with Gasteiger partial charge in [-0.1, -0.05) is 17.7 Å². The average Bonchev–Trinajstić information content (AvgIpc) is 3.11. The van der Waals surface area contributed by atoms with Gasteiger partial charge in [0, 0.05) is 35.7 Å². The third-order valence-corrected chi connectivity index (χ3v) is 4.41. The molecule has 1 aliphatic rings. The van der Waals surface area contributed by atoms with Gasteiger partial charge in [-0.2, -0.15) is 0 Å². The molecule has 0 saturated carbocycles. The number of halogens is 1. The summed E-state index contributed by atoms with van der Waals surface area (Å²) in [6, 6.07) is 9.57. The van der Waals surface area contributed by atoms with Crippen LogP contribution >= 0.6 is 11.6 Å². The number of nitrogens with one attached hydrogen (secondary N) is 2. The van der Waals surface area contributed by atoms with Crippen LogP contribution in [0.3, 0.4) is 0 Å². The van der Waals surface area contributed by atoms with Crippen LogP contribution in [0.15, 0.2) is 42.5 Å². The molecule has 2 aromatic rings. The first-order valence-electron chi connectivity index (χ1n) is 8.32. The fourth-order valence-corrected chi connectivity index (χ4v) is 3.00. The average molecular weight is 403 g/mol. The van der Waals surface area contributed by atoms with Crippen molar-refractivity contribution in [3.05, 3.63) is 68.7 Å². The van der Waals surface area contributed by atoms with Gasteiger partial charge in [0.25, 0.3) is 17.5 Å². The van der Waals surface area contributed by atoms with E-state index >= 15 is 0 Å². The minimum Gasteiger partial charge on any atom is -0.312 e. The van der Waals surface area contributed by atoms with Crippen molar-refractivity contribution in [2.24, 2.45) is 0 Å². The van der Waals surface area contributed by atoms with Crippen LogP contribution < -0.4 is 15.8 Å². The molecule has 2 N–H and O–H groups in total. The molecule has 9 nitrogen and oxygen atoms in total. The first-order valence-corrected chi connectivity index (χ1v) is 8.69. The fourth-order valence-electron chi connectivity index (χ4n) is 2.84. The van der Waals surface area contributed by atoms with Gasteiger partial charge in [0.2, 0.25) is 5.91 Å². The lowest BCUT2D eigenvalue weighted by atomic mass is 10.1. The molecule has 1 fully saturated rings. The number of benzene rings is 2. The molecular formula is C18H15ClN4O5. The number of nitro benzene ring substituents is 1. The summed E-state index contributed by atoms with van der Waals surface area (Å²) in [6.45, 7) is 0.472. The maximum atomic E-state index is 12.5. The number of carbonyl (C=O) groups is 3. The topological polar surface area (TPSA) is 122 Å². The minimum atomic E-state index is -0.718. The van der Waals surface area contributed by atoms with Crippen LogP contribution in [-0.2, 0) is 4.79 Å². The molecule has 0 atom stereocenters. The summed E-state index contributed by atoms with van der Waals surface area (Å²) in [6.07, 6.45) is 1.06. The molecular weight excluding hydrogens is 388 g/mol. The van der Waals surface area contributed by atoms with Gasteiger partial charge < -0.3 is 4.90 Å². The predicted octanol–water partition coefficient (Wildman–Crippen LogP) is 2.45. The number of anilines is 1. The van der Waals surface area contributed by atoms with Crippen LogP contribution in [0.4, 0.5) is 11.4 Å². The number of carbonyl (C=O) groups excluding carboxylic acids is 3. The maximum Gasteiger partial charge on any atom is 0.271 e. The van der Waals surface area contributed by atoms with E-state index in [1.54, 1.807) is 0 Å². The van der Waals surface area contributed by atoms with E-state index in [9.17, 15) is 24.5 Å². The van der Waals surface area contributed by atoms with Crippen molar-refractivity contribution in [3.8, 4) is 0 Å². The SMILES string of the molecule is O=C(NNC(=O)c1ccc(Cl)cc1N1CCCC1=O)c1cccc([N+](=O)[O-])c1. The minimum absolute atomic E-state index is 0.0144. The predicted molar refractivity (Wildman–Crippen MR) is 101 cm³/mol. The Kier molecular flexibility index (Phi) is 5.55. The van der Waals surface area contributed by atoms with Gasteiger partial charge in [-0.15, -0.1) is 0 Å².